The second kappa shape index (κ2) is 7.68. The first-order chi connectivity index (χ1) is 11.3. The minimum absolute atomic E-state index is 0.0766. The maximum absolute atomic E-state index is 12.4. The molecule has 2 unspecified atom stereocenters. The summed E-state index contributed by atoms with van der Waals surface area (Å²) in [4.78, 5) is 14.7. The van der Waals surface area contributed by atoms with Crippen molar-refractivity contribution in [2.75, 3.05) is 29.9 Å². The van der Waals surface area contributed by atoms with Crippen molar-refractivity contribution in [3.8, 4) is 0 Å². The Bertz CT molecular complexity index is 529. The van der Waals surface area contributed by atoms with Crippen LogP contribution in [0.1, 0.15) is 38.5 Å². The van der Waals surface area contributed by atoms with E-state index in [2.05, 4.69) is 21.6 Å². The third kappa shape index (κ3) is 3.96. The van der Waals surface area contributed by atoms with Gasteiger partial charge in [0.25, 0.3) is 0 Å². The minimum Gasteiger partial charge on any atom is -0.396 e. The van der Waals surface area contributed by atoms with Crippen LogP contribution >= 0.6 is 0 Å². The van der Waals surface area contributed by atoms with Crippen molar-refractivity contribution in [3.63, 3.8) is 0 Å². The summed E-state index contributed by atoms with van der Waals surface area (Å²) in [7, 11) is 0. The van der Waals surface area contributed by atoms with E-state index in [0.717, 1.165) is 50.1 Å². The van der Waals surface area contributed by atoms with Crippen molar-refractivity contribution in [2.24, 2.45) is 5.92 Å². The quantitative estimate of drug-likeness (QED) is 0.800. The molecule has 3 rings (SSSR count). The number of carbonyl (C=O) groups is 1. The zero-order valence-electron chi connectivity index (χ0n) is 13.6. The molecule has 1 aromatic rings. The molecule has 23 heavy (non-hydrogen) atoms. The molecule has 2 amide bonds. The molecule has 1 saturated heterocycles. The molecule has 1 aromatic carbocycles. The molecular formula is C18H27N3O2. The molecular weight excluding hydrogens is 290 g/mol. The molecule has 1 aliphatic carbocycles. The number of urea groups is 1. The zero-order chi connectivity index (χ0) is 16.1. The van der Waals surface area contributed by atoms with Gasteiger partial charge >= 0.3 is 6.03 Å². The highest BCUT2D eigenvalue weighted by atomic mass is 16.3. The molecule has 0 aromatic heterocycles. The van der Waals surface area contributed by atoms with Gasteiger partial charge in [0.15, 0.2) is 0 Å². The van der Waals surface area contributed by atoms with Gasteiger partial charge < -0.3 is 20.6 Å². The number of aliphatic hydroxyl groups is 1. The van der Waals surface area contributed by atoms with E-state index in [-0.39, 0.29) is 24.6 Å². The molecule has 0 bridgehead atoms. The minimum atomic E-state index is -0.165. The van der Waals surface area contributed by atoms with Crippen LogP contribution < -0.4 is 15.5 Å². The number of benzene rings is 1. The largest absolute Gasteiger partial charge is 0.396 e. The van der Waals surface area contributed by atoms with E-state index in [9.17, 15) is 9.90 Å². The van der Waals surface area contributed by atoms with Gasteiger partial charge in [-0.3, -0.25) is 0 Å². The Hall–Kier alpha value is -1.75. The van der Waals surface area contributed by atoms with Crippen LogP contribution in [-0.2, 0) is 0 Å². The molecule has 1 aliphatic heterocycles. The van der Waals surface area contributed by atoms with Crippen molar-refractivity contribution in [3.05, 3.63) is 24.3 Å². The molecule has 126 valence electrons. The number of anilines is 2. The van der Waals surface area contributed by atoms with E-state index >= 15 is 0 Å². The molecule has 5 nitrogen and oxygen atoms in total. The summed E-state index contributed by atoms with van der Waals surface area (Å²) < 4.78 is 0. The van der Waals surface area contributed by atoms with Crippen LogP contribution in [0.5, 0.6) is 0 Å². The van der Waals surface area contributed by atoms with Crippen molar-refractivity contribution >= 4 is 17.4 Å². The number of rotatable bonds is 4. The number of para-hydroxylation sites is 2. The summed E-state index contributed by atoms with van der Waals surface area (Å²) in [6.45, 7) is 2.25. The van der Waals surface area contributed by atoms with E-state index in [4.69, 9.17) is 0 Å². The van der Waals surface area contributed by atoms with Gasteiger partial charge in [-0.2, -0.15) is 0 Å². The highest BCUT2D eigenvalue weighted by molar-refractivity contribution is 5.93. The fourth-order valence-corrected chi connectivity index (χ4v) is 3.76. The maximum Gasteiger partial charge on any atom is 0.319 e. The molecule has 2 aliphatic rings. The summed E-state index contributed by atoms with van der Waals surface area (Å²) in [6, 6.07) is 7.90. The molecule has 5 heteroatoms. The maximum atomic E-state index is 12.4. The summed E-state index contributed by atoms with van der Waals surface area (Å²) in [6.07, 6.45) is 6.62. The van der Waals surface area contributed by atoms with E-state index in [1.54, 1.807) is 0 Å². The number of hydrogen-bond donors (Lipinski definition) is 3. The van der Waals surface area contributed by atoms with Crippen molar-refractivity contribution in [2.45, 2.75) is 44.6 Å². The van der Waals surface area contributed by atoms with Crippen LogP contribution in [0.25, 0.3) is 0 Å². The second-order valence-corrected chi connectivity index (χ2v) is 6.64. The SMILES string of the molecule is O=C(Nc1ccccc1N1CCCC1)NC1CCCCC1CO. The smallest absolute Gasteiger partial charge is 0.319 e. The first-order valence-electron chi connectivity index (χ1n) is 8.80. The Kier molecular flexibility index (Phi) is 5.39. The van der Waals surface area contributed by atoms with Crippen LogP contribution in [0, 0.1) is 5.92 Å². The second-order valence-electron chi connectivity index (χ2n) is 6.64. The molecule has 0 spiro atoms. The monoisotopic (exact) mass is 317 g/mol. The lowest BCUT2D eigenvalue weighted by molar-refractivity contribution is 0.156. The lowest BCUT2D eigenvalue weighted by Gasteiger charge is -2.31. The standard InChI is InChI=1S/C18H27N3O2/c22-13-14-7-1-2-8-15(14)19-18(23)20-16-9-3-4-10-17(16)21-11-5-6-12-21/h3-4,9-10,14-15,22H,1-2,5-8,11-13H2,(H2,19,20,23). The van der Waals surface area contributed by atoms with Gasteiger partial charge in [-0.15, -0.1) is 0 Å². The van der Waals surface area contributed by atoms with Gasteiger partial charge in [-0.25, -0.2) is 4.79 Å². The summed E-state index contributed by atoms with van der Waals surface area (Å²) in [5.74, 6) is 0.184. The molecule has 2 fully saturated rings. The Labute approximate surface area is 138 Å². The molecule has 1 heterocycles. The Morgan fingerprint density at radius 3 is 2.65 bits per heavy atom. The first kappa shape index (κ1) is 16.1. The lowest BCUT2D eigenvalue weighted by atomic mass is 9.85. The lowest BCUT2D eigenvalue weighted by Crippen LogP contribution is -2.45. The number of carbonyl (C=O) groups excluding carboxylic acids is 1. The fourth-order valence-electron chi connectivity index (χ4n) is 3.76. The molecule has 2 atom stereocenters. The van der Waals surface area contributed by atoms with Gasteiger partial charge in [0.05, 0.1) is 11.4 Å². The van der Waals surface area contributed by atoms with Crippen molar-refractivity contribution < 1.29 is 9.90 Å². The van der Waals surface area contributed by atoms with Gasteiger partial charge in [-0.1, -0.05) is 25.0 Å². The van der Waals surface area contributed by atoms with Crippen molar-refractivity contribution in [1.82, 2.24) is 5.32 Å². The average molecular weight is 317 g/mol. The number of nitrogens with one attached hydrogen (secondary N) is 2. The van der Waals surface area contributed by atoms with E-state index in [0.29, 0.717) is 0 Å². The van der Waals surface area contributed by atoms with E-state index < -0.39 is 0 Å². The molecule has 0 radical (unpaired) electrons. The highest BCUT2D eigenvalue weighted by Gasteiger charge is 2.26. The predicted molar refractivity (Wildman–Crippen MR) is 92.9 cm³/mol. The Morgan fingerprint density at radius 1 is 1.13 bits per heavy atom. The van der Waals surface area contributed by atoms with Crippen LogP contribution in [-0.4, -0.2) is 36.9 Å². The van der Waals surface area contributed by atoms with Crippen LogP contribution in [0.2, 0.25) is 0 Å². The van der Waals surface area contributed by atoms with Gasteiger partial charge in [0, 0.05) is 31.7 Å². The number of hydrogen-bond acceptors (Lipinski definition) is 3. The average Bonchev–Trinajstić information content (AvgIpc) is 3.10. The van der Waals surface area contributed by atoms with Gasteiger partial charge in [-0.05, 0) is 37.8 Å². The first-order valence-corrected chi connectivity index (χ1v) is 8.80. The fraction of sp³-hybridized carbons (Fsp3) is 0.611. The van der Waals surface area contributed by atoms with Gasteiger partial charge in [0.2, 0.25) is 0 Å². The zero-order valence-corrected chi connectivity index (χ0v) is 13.6. The summed E-state index contributed by atoms with van der Waals surface area (Å²) in [5, 5.41) is 15.5. The molecule has 3 N–H and O–H groups in total. The molecule has 1 saturated carbocycles. The van der Waals surface area contributed by atoms with Crippen LogP contribution in [0.15, 0.2) is 24.3 Å². The van der Waals surface area contributed by atoms with E-state index in [1.165, 1.54) is 12.8 Å². The Balaban J connectivity index is 1.63. The number of aliphatic hydroxyl groups excluding tert-OH is 1. The van der Waals surface area contributed by atoms with Crippen LogP contribution in [0.3, 0.4) is 0 Å². The summed E-state index contributed by atoms with van der Waals surface area (Å²) in [5.41, 5.74) is 1.96. The summed E-state index contributed by atoms with van der Waals surface area (Å²) >= 11 is 0. The number of nitrogens with zero attached hydrogens (tertiary/aromatic N) is 1. The highest BCUT2D eigenvalue weighted by Crippen LogP contribution is 2.29. The van der Waals surface area contributed by atoms with E-state index in [1.807, 2.05) is 18.2 Å². The van der Waals surface area contributed by atoms with Crippen LogP contribution in [0.4, 0.5) is 16.2 Å². The third-order valence-corrected chi connectivity index (χ3v) is 5.06. The predicted octanol–water partition coefficient (Wildman–Crippen LogP) is 2.96. The normalized spacial score (nSPS) is 24.5. The topological polar surface area (TPSA) is 64.6 Å². The number of amides is 2. The Morgan fingerprint density at radius 2 is 1.87 bits per heavy atom. The van der Waals surface area contributed by atoms with Crippen molar-refractivity contribution in [1.29, 1.82) is 0 Å². The third-order valence-electron chi connectivity index (χ3n) is 5.06. The van der Waals surface area contributed by atoms with Gasteiger partial charge in [0.1, 0.15) is 0 Å².